The van der Waals surface area contributed by atoms with E-state index in [0.717, 1.165) is 0 Å². The van der Waals surface area contributed by atoms with E-state index in [1.54, 1.807) is 0 Å². The standard InChI is InChI=1S/C14H25BO/c1-9(2)8-14-7-5-6-11(13(15)16-14)12(14)10(3)4/h9-13H,5-8H2,1-4H3. The van der Waals surface area contributed by atoms with E-state index >= 15 is 0 Å². The highest BCUT2D eigenvalue weighted by atomic mass is 16.5. The Morgan fingerprint density at radius 2 is 2.00 bits per heavy atom. The summed E-state index contributed by atoms with van der Waals surface area (Å²) in [5.41, 5.74) is 0.102. The molecular weight excluding hydrogens is 195 g/mol. The lowest BCUT2D eigenvalue weighted by molar-refractivity contribution is -0.0680. The molecular formula is C14H25BO. The van der Waals surface area contributed by atoms with E-state index in [2.05, 4.69) is 27.7 Å². The molecule has 2 radical (unpaired) electrons. The van der Waals surface area contributed by atoms with Gasteiger partial charge < -0.3 is 4.74 Å². The van der Waals surface area contributed by atoms with Crippen LogP contribution in [-0.4, -0.2) is 19.5 Å². The van der Waals surface area contributed by atoms with Crippen LogP contribution in [0.1, 0.15) is 53.4 Å². The van der Waals surface area contributed by atoms with Crippen LogP contribution in [0.4, 0.5) is 0 Å². The highest BCUT2D eigenvalue weighted by molar-refractivity contribution is 6.11. The minimum Gasteiger partial charge on any atom is -0.381 e. The van der Waals surface area contributed by atoms with Crippen molar-refractivity contribution in [2.75, 3.05) is 0 Å². The fraction of sp³-hybridized carbons (Fsp3) is 1.00. The van der Waals surface area contributed by atoms with Crippen molar-refractivity contribution in [3.63, 3.8) is 0 Å². The van der Waals surface area contributed by atoms with Crippen molar-refractivity contribution in [2.24, 2.45) is 23.7 Å². The van der Waals surface area contributed by atoms with Crippen molar-refractivity contribution in [3.8, 4) is 0 Å². The lowest BCUT2D eigenvalue weighted by atomic mass is 9.62. The predicted molar refractivity (Wildman–Crippen MR) is 68.5 cm³/mol. The van der Waals surface area contributed by atoms with E-state index in [4.69, 9.17) is 12.6 Å². The number of ether oxygens (including phenoxy) is 1. The Morgan fingerprint density at radius 3 is 2.56 bits per heavy atom. The molecule has 16 heavy (non-hydrogen) atoms. The number of hydrogen-bond donors (Lipinski definition) is 0. The third kappa shape index (κ3) is 1.94. The Hall–Kier alpha value is 0.0249. The molecule has 2 rings (SSSR count). The molecule has 0 N–H and O–H groups in total. The van der Waals surface area contributed by atoms with Crippen molar-refractivity contribution in [1.29, 1.82) is 0 Å². The van der Waals surface area contributed by atoms with Crippen LogP contribution in [0.3, 0.4) is 0 Å². The zero-order valence-electron chi connectivity index (χ0n) is 11.2. The molecule has 1 heterocycles. The van der Waals surface area contributed by atoms with Crippen LogP contribution in [0.5, 0.6) is 0 Å². The van der Waals surface area contributed by atoms with Crippen molar-refractivity contribution in [1.82, 2.24) is 0 Å². The first-order valence-corrected chi connectivity index (χ1v) is 6.89. The summed E-state index contributed by atoms with van der Waals surface area (Å²) in [5.74, 6) is 2.68. The van der Waals surface area contributed by atoms with Crippen molar-refractivity contribution >= 4 is 7.85 Å². The molecule has 1 nitrogen and oxygen atoms in total. The van der Waals surface area contributed by atoms with E-state index in [1.807, 2.05) is 0 Å². The normalized spacial score (nSPS) is 43.2. The Bertz CT molecular complexity index is 247. The monoisotopic (exact) mass is 220 g/mol. The first-order valence-electron chi connectivity index (χ1n) is 6.89. The van der Waals surface area contributed by atoms with Gasteiger partial charge >= 0.3 is 0 Å². The molecule has 0 aromatic carbocycles. The minimum atomic E-state index is -0.00588. The molecule has 0 spiro atoms. The maximum atomic E-state index is 6.24. The third-order valence-electron chi connectivity index (χ3n) is 4.47. The fourth-order valence-electron chi connectivity index (χ4n) is 4.32. The van der Waals surface area contributed by atoms with E-state index in [9.17, 15) is 0 Å². The molecule has 1 aliphatic carbocycles. The van der Waals surface area contributed by atoms with Gasteiger partial charge in [-0.3, -0.25) is 0 Å². The largest absolute Gasteiger partial charge is 0.381 e. The molecule has 2 bridgehead atoms. The first kappa shape index (κ1) is 12.5. The molecule has 0 amide bonds. The van der Waals surface area contributed by atoms with Gasteiger partial charge in [-0.25, -0.2) is 0 Å². The molecule has 90 valence electrons. The summed E-state index contributed by atoms with van der Waals surface area (Å²) in [6.45, 7) is 9.25. The second-order valence-electron chi connectivity index (χ2n) is 6.57. The molecule has 2 heteroatoms. The molecule has 0 aromatic heterocycles. The zero-order valence-corrected chi connectivity index (χ0v) is 11.2. The predicted octanol–water partition coefficient (Wildman–Crippen LogP) is 3.37. The van der Waals surface area contributed by atoms with Gasteiger partial charge in [0, 0.05) is 6.00 Å². The van der Waals surface area contributed by atoms with Crippen LogP contribution in [0.2, 0.25) is 0 Å². The van der Waals surface area contributed by atoms with Crippen LogP contribution < -0.4 is 0 Å². The summed E-state index contributed by atoms with van der Waals surface area (Å²) >= 11 is 0. The molecule has 0 aromatic rings. The third-order valence-corrected chi connectivity index (χ3v) is 4.47. The second kappa shape index (κ2) is 4.36. The maximum Gasteiger partial charge on any atom is 0.109 e. The van der Waals surface area contributed by atoms with Crippen molar-refractivity contribution in [3.05, 3.63) is 0 Å². The van der Waals surface area contributed by atoms with E-state index in [-0.39, 0.29) is 11.6 Å². The van der Waals surface area contributed by atoms with Crippen LogP contribution >= 0.6 is 0 Å². The Kier molecular flexibility index (Phi) is 3.40. The van der Waals surface area contributed by atoms with Gasteiger partial charge in [-0.1, -0.05) is 34.1 Å². The highest BCUT2D eigenvalue weighted by Gasteiger charge is 2.55. The van der Waals surface area contributed by atoms with Gasteiger partial charge in [0.15, 0.2) is 0 Å². The van der Waals surface area contributed by atoms with Gasteiger partial charge in [0.1, 0.15) is 7.85 Å². The summed E-state index contributed by atoms with van der Waals surface area (Å²) in [6, 6.07) is -0.00588. The Balaban J connectivity index is 2.25. The minimum absolute atomic E-state index is 0.00588. The van der Waals surface area contributed by atoms with Gasteiger partial charge in [0.2, 0.25) is 0 Å². The van der Waals surface area contributed by atoms with Crippen LogP contribution in [0.15, 0.2) is 0 Å². The fourth-order valence-corrected chi connectivity index (χ4v) is 4.32. The Morgan fingerprint density at radius 1 is 1.31 bits per heavy atom. The molecule has 2 fully saturated rings. The second-order valence-corrected chi connectivity index (χ2v) is 6.57. The summed E-state index contributed by atoms with van der Waals surface area (Å²) in [5, 5.41) is 0. The summed E-state index contributed by atoms with van der Waals surface area (Å²) in [6.07, 6.45) is 4.97. The van der Waals surface area contributed by atoms with Gasteiger partial charge in [0.05, 0.1) is 5.60 Å². The average molecular weight is 220 g/mol. The Labute approximate surface area is 102 Å². The molecule has 4 unspecified atom stereocenters. The number of fused-ring (bicyclic) bond motifs is 2. The average Bonchev–Trinajstić information content (AvgIpc) is 2.29. The molecule has 4 atom stereocenters. The lowest BCUT2D eigenvalue weighted by Crippen LogP contribution is -2.43. The van der Waals surface area contributed by atoms with E-state index in [0.29, 0.717) is 23.7 Å². The van der Waals surface area contributed by atoms with Crippen LogP contribution in [0, 0.1) is 23.7 Å². The summed E-state index contributed by atoms with van der Waals surface area (Å²) < 4.78 is 6.24. The summed E-state index contributed by atoms with van der Waals surface area (Å²) in [7, 11) is 6.19. The van der Waals surface area contributed by atoms with Crippen LogP contribution in [-0.2, 0) is 4.74 Å². The van der Waals surface area contributed by atoms with Gasteiger partial charge in [-0.05, 0) is 42.9 Å². The van der Waals surface area contributed by atoms with Crippen molar-refractivity contribution < 1.29 is 4.74 Å². The van der Waals surface area contributed by atoms with Gasteiger partial charge in [-0.2, -0.15) is 0 Å². The lowest BCUT2D eigenvalue weighted by Gasteiger charge is -2.43. The molecule has 1 aliphatic heterocycles. The van der Waals surface area contributed by atoms with E-state index in [1.165, 1.54) is 25.7 Å². The smallest absolute Gasteiger partial charge is 0.109 e. The summed E-state index contributed by atoms with van der Waals surface area (Å²) in [4.78, 5) is 0. The van der Waals surface area contributed by atoms with Crippen LogP contribution in [0.25, 0.3) is 0 Å². The zero-order chi connectivity index (χ0) is 11.9. The highest BCUT2D eigenvalue weighted by Crippen LogP contribution is 2.54. The van der Waals surface area contributed by atoms with Crippen molar-refractivity contribution in [2.45, 2.75) is 65.0 Å². The molecule has 1 saturated heterocycles. The SMILES string of the molecule is [B]C1OC2(CC(C)C)CCCC1C2C(C)C. The van der Waals surface area contributed by atoms with Gasteiger partial charge in [0.25, 0.3) is 0 Å². The van der Waals surface area contributed by atoms with E-state index < -0.39 is 0 Å². The first-order chi connectivity index (χ1) is 7.46. The molecule has 1 saturated carbocycles. The quantitative estimate of drug-likeness (QED) is 0.662. The number of hydrogen-bond acceptors (Lipinski definition) is 1. The van der Waals surface area contributed by atoms with Gasteiger partial charge in [-0.15, -0.1) is 0 Å². The molecule has 2 aliphatic rings. The topological polar surface area (TPSA) is 9.23 Å². The number of rotatable bonds is 3. The maximum absolute atomic E-state index is 6.24.